The Morgan fingerprint density at radius 2 is 2.04 bits per heavy atom. The van der Waals surface area contributed by atoms with Crippen LogP contribution in [0, 0.1) is 0 Å². The zero-order valence-electron chi connectivity index (χ0n) is 15.5. The van der Waals surface area contributed by atoms with Crippen molar-refractivity contribution in [2.24, 2.45) is 0 Å². The van der Waals surface area contributed by atoms with Crippen LogP contribution in [0.1, 0.15) is 29.8 Å². The number of rotatable bonds is 8. The van der Waals surface area contributed by atoms with Gasteiger partial charge in [-0.25, -0.2) is 4.98 Å². The molecule has 0 bridgehead atoms. The van der Waals surface area contributed by atoms with Crippen molar-refractivity contribution in [1.82, 2.24) is 14.9 Å². The van der Waals surface area contributed by atoms with Gasteiger partial charge >= 0.3 is 0 Å². The Morgan fingerprint density at radius 1 is 1.26 bits per heavy atom. The summed E-state index contributed by atoms with van der Waals surface area (Å²) in [4.78, 5) is 28.9. The summed E-state index contributed by atoms with van der Waals surface area (Å²) in [6.45, 7) is 5.97. The fraction of sp³-hybridized carbons (Fsp3) is 0.421. The lowest BCUT2D eigenvalue weighted by Gasteiger charge is -2.12. The third kappa shape index (κ3) is 4.44. The first kappa shape index (κ1) is 19.3. The van der Waals surface area contributed by atoms with E-state index in [1.54, 1.807) is 4.57 Å². The summed E-state index contributed by atoms with van der Waals surface area (Å²) in [5.41, 5.74) is 0.826. The monoisotopic (exact) mass is 389 g/mol. The molecule has 0 radical (unpaired) electrons. The minimum atomic E-state index is -0.393. The summed E-state index contributed by atoms with van der Waals surface area (Å²) in [6.07, 6.45) is 1.99. The number of hydrogen-bond donors (Lipinski definition) is 1. The summed E-state index contributed by atoms with van der Waals surface area (Å²) >= 11 is 1.53. The predicted octanol–water partition coefficient (Wildman–Crippen LogP) is 2.12. The first-order valence-corrected chi connectivity index (χ1v) is 10.0. The van der Waals surface area contributed by atoms with Crippen molar-refractivity contribution in [2.45, 2.75) is 32.0 Å². The molecule has 144 valence electrons. The van der Waals surface area contributed by atoms with Crippen molar-refractivity contribution in [3.05, 3.63) is 45.9 Å². The third-order valence-electron chi connectivity index (χ3n) is 4.11. The summed E-state index contributed by atoms with van der Waals surface area (Å²) in [6, 6.07) is 5.74. The number of carbonyl (C=O) groups excluding carboxylic acids is 1. The molecule has 8 heteroatoms. The van der Waals surface area contributed by atoms with Crippen LogP contribution in [-0.4, -0.2) is 41.0 Å². The van der Waals surface area contributed by atoms with Gasteiger partial charge in [0.25, 0.3) is 11.5 Å². The highest BCUT2D eigenvalue weighted by Gasteiger charge is 2.19. The molecule has 2 heterocycles. The van der Waals surface area contributed by atoms with Gasteiger partial charge in [-0.05, 0) is 38.0 Å². The lowest BCUT2D eigenvalue weighted by molar-refractivity contribution is 0.0951. The van der Waals surface area contributed by atoms with E-state index in [-0.39, 0.29) is 11.1 Å². The number of carbonyl (C=O) groups is 1. The number of thioether (sulfide) groups is 1. The summed E-state index contributed by atoms with van der Waals surface area (Å²) in [5, 5.41) is 3.47. The second kappa shape index (κ2) is 8.94. The van der Waals surface area contributed by atoms with Crippen LogP contribution in [0.5, 0.6) is 11.5 Å². The van der Waals surface area contributed by atoms with Gasteiger partial charge in [-0.2, -0.15) is 0 Å². The van der Waals surface area contributed by atoms with Gasteiger partial charge in [0.1, 0.15) is 5.56 Å². The lowest BCUT2D eigenvalue weighted by atomic mass is 10.1. The van der Waals surface area contributed by atoms with Crippen LogP contribution in [-0.2, 0) is 13.0 Å². The number of nitrogens with one attached hydrogen (secondary N) is 1. The molecule has 1 aromatic heterocycles. The average Bonchev–Trinajstić information content (AvgIpc) is 3.14. The van der Waals surface area contributed by atoms with E-state index in [1.807, 2.05) is 32.0 Å². The number of amides is 1. The summed E-state index contributed by atoms with van der Waals surface area (Å²) in [7, 11) is 0. The molecular weight excluding hydrogens is 366 g/mol. The fourth-order valence-electron chi connectivity index (χ4n) is 2.84. The second-order valence-corrected chi connectivity index (χ2v) is 6.97. The van der Waals surface area contributed by atoms with Crippen LogP contribution in [0.25, 0.3) is 0 Å². The SMILES string of the molecule is CCOc1ccc(CCNC(=O)c2cnc3n(c2=O)CCS3)cc1OCC. The smallest absolute Gasteiger partial charge is 0.267 e. The molecule has 1 aliphatic rings. The molecule has 3 rings (SSSR count). The number of ether oxygens (including phenoxy) is 2. The van der Waals surface area contributed by atoms with Crippen LogP contribution >= 0.6 is 11.8 Å². The third-order valence-corrected chi connectivity index (χ3v) is 5.08. The maximum atomic E-state index is 12.4. The van der Waals surface area contributed by atoms with Crippen LogP contribution in [0.3, 0.4) is 0 Å². The van der Waals surface area contributed by atoms with Crippen molar-refractivity contribution in [1.29, 1.82) is 0 Å². The average molecular weight is 389 g/mol. The Labute approximate surface area is 162 Å². The quantitative estimate of drug-likeness (QED) is 0.697. The Balaban J connectivity index is 1.62. The Kier molecular flexibility index (Phi) is 6.39. The molecule has 0 unspecified atom stereocenters. The molecule has 1 aliphatic heterocycles. The van der Waals surface area contributed by atoms with Gasteiger partial charge in [-0.15, -0.1) is 0 Å². The van der Waals surface area contributed by atoms with Crippen molar-refractivity contribution < 1.29 is 14.3 Å². The molecule has 1 amide bonds. The van der Waals surface area contributed by atoms with E-state index in [2.05, 4.69) is 10.3 Å². The first-order chi connectivity index (χ1) is 13.1. The van der Waals surface area contributed by atoms with Gasteiger partial charge < -0.3 is 14.8 Å². The number of hydrogen-bond acceptors (Lipinski definition) is 6. The zero-order chi connectivity index (χ0) is 19.2. The van der Waals surface area contributed by atoms with Gasteiger partial charge in [-0.1, -0.05) is 17.8 Å². The van der Waals surface area contributed by atoms with Crippen LogP contribution in [0.15, 0.2) is 34.3 Å². The molecule has 0 fully saturated rings. The van der Waals surface area contributed by atoms with Gasteiger partial charge in [0.05, 0.1) is 13.2 Å². The highest BCUT2D eigenvalue weighted by Crippen LogP contribution is 2.28. The minimum absolute atomic E-state index is 0.0861. The highest BCUT2D eigenvalue weighted by molar-refractivity contribution is 7.99. The Bertz CT molecular complexity index is 882. The molecule has 7 nitrogen and oxygen atoms in total. The van der Waals surface area contributed by atoms with Crippen molar-refractivity contribution in [3.8, 4) is 11.5 Å². The van der Waals surface area contributed by atoms with Crippen LogP contribution < -0.4 is 20.3 Å². The van der Waals surface area contributed by atoms with Crippen molar-refractivity contribution >= 4 is 17.7 Å². The molecule has 0 spiro atoms. The molecule has 0 aliphatic carbocycles. The highest BCUT2D eigenvalue weighted by atomic mass is 32.2. The molecule has 2 aromatic rings. The number of benzene rings is 1. The molecule has 0 atom stereocenters. The minimum Gasteiger partial charge on any atom is -0.490 e. The van der Waals surface area contributed by atoms with E-state index in [9.17, 15) is 9.59 Å². The Morgan fingerprint density at radius 3 is 2.81 bits per heavy atom. The number of fused-ring (bicyclic) bond motifs is 1. The molecule has 0 saturated carbocycles. The predicted molar refractivity (Wildman–Crippen MR) is 104 cm³/mol. The van der Waals surface area contributed by atoms with Gasteiger partial charge in [0.15, 0.2) is 16.7 Å². The fourth-order valence-corrected chi connectivity index (χ4v) is 3.75. The van der Waals surface area contributed by atoms with E-state index in [0.717, 1.165) is 11.3 Å². The molecule has 1 aromatic carbocycles. The maximum absolute atomic E-state index is 12.4. The van der Waals surface area contributed by atoms with Crippen molar-refractivity contribution in [3.63, 3.8) is 0 Å². The van der Waals surface area contributed by atoms with Gasteiger partial charge in [-0.3, -0.25) is 14.2 Å². The van der Waals surface area contributed by atoms with Crippen LogP contribution in [0.4, 0.5) is 0 Å². The van der Waals surface area contributed by atoms with E-state index in [1.165, 1.54) is 18.0 Å². The van der Waals surface area contributed by atoms with Gasteiger partial charge in [0.2, 0.25) is 0 Å². The maximum Gasteiger partial charge on any atom is 0.267 e. The Hall–Kier alpha value is -2.48. The molecule has 0 saturated heterocycles. The topological polar surface area (TPSA) is 82.5 Å². The molecular formula is C19H23N3O4S. The largest absolute Gasteiger partial charge is 0.490 e. The van der Waals surface area contributed by atoms with E-state index >= 15 is 0 Å². The van der Waals surface area contributed by atoms with Crippen LogP contribution in [0.2, 0.25) is 0 Å². The van der Waals surface area contributed by atoms with E-state index < -0.39 is 5.91 Å². The van der Waals surface area contributed by atoms with E-state index in [4.69, 9.17) is 9.47 Å². The molecule has 1 N–H and O–H groups in total. The second-order valence-electron chi connectivity index (χ2n) is 5.91. The van der Waals surface area contributed by atoms with Crippen molar-refractivity contribution in [2.75, 3.05) is 25.5 Å². The summed E-state index contributed by atoms with van der Waals surface area (Å²) < 4.78 is 12.7. The van der Waals surface area contributed by atoms with Gasteiger partial charge in [0, 0.05) is 25.0 Å². The first-order valence-electron chi connectivity index (χ1n) is 9.03. The summed E-state index contributed by atoms with van der Waals surface area (Å²) in [5.74, 6) is 1.83. The zero-order valence-corrected chi connectivity index (χ0v) is 16.3. The van der Waals surface area contributed by atoms with E-state index in [0.29, 0.717) is 49.4 Å². The normalized spacial score (nSPS) is 12.5. The molecule has 27 heavy (non-hydrogen) atoms. The number of aromatic nitrogens is 2. The standard InChI is InChI=1S/C19H23N3O4S/c1-3-25-15-6-5-13(11-16(15)26-4-2)7-8-20-17(23)14-12-21-19-22(18(14)24)9-10-27-19/h5-6,11-12H,3-4,7-10H2,1-2H3,(H,20,23). The lowest BCUT2D eigenvalue weighted by Crippen LogP contribution is -2.34. The number of nitrogens with zero attached hydrogens (tertiary/aromatic N) is 2.